The van der Waals surface area contributed by atoms with Gasteiger partial charge in [-0.3, -0.25) is 0 Å². The second kappa shape index (κ2) is 17.5. The van der Waals surface area contributed by atoms with E-state index < -0.39 is 18.9 Å². The average Bonchev–Trinajstić information content (AvgIpc) is 3.98. The maximum absolute atomic E-state index is 5.81. The summed E-state index contributed by atoms with van der Waals surface area (Å²) in [5.74, 6) is 5.54. The molecule has 5 fully saturated rings. The van der Waals surface area contributed by atoms with E-state index in [9.17, 15) is 0 Å². The van der Waals surface area contributed by atoms with Gasteiger partial charge in [0.15, 0.2) is 0 Å². The van der Waals surface area contributed by atoms with Crippen molar-refractivity contribution in [3.63, 3.8) is 0 Å². The average molecular weight is 761 g/mol. The van der Waals surface area contributed by atoms with Gasteiger partial charge in [0.2, 0.25) is 0 Å². The fraction of sp³-hybridized carbons (Fsp3) is 0.578. The van der Waals surface area contributed by atoms with Gasteiger partial charge in [-0.2, -0.15) is 0 Å². The molecule has 3 heteroatoms. The van der Waals surface area contributed by atoms with E-state index in [0.29, 0.717) is 0 Å². The summed E-state index contributed by atoms with van der Waals surface area (Å²) in [5.41, 5.74) is 3.36. The molecule has 48 heavy (non-hydrogen) atoms. The normalized spacial score (nSPS) is 21.1. The molecule has 0 atom stereocenters. The molecule has 0 heterocycles. The Morgan fingerprint density at radius 1 is 0.479 bits per heavy atom. The molecular weight excluding hydrogens is 703 g/mol. The summed E-state index contributed by atoms with van der Waals surface area (Å²) in [6.07, 6.45) is 28.6. The molecule has 258 valence electrons. The van der Waals surface area contributed by atoms with Gasteiger partial charge >= 0.3 is 64.8 Å². The molecule has 0 amide bonds. The molecule has 0 unspecified atom stereocenters. The molecule has 0 bridgehead atoms. The summed E-state index contributed by atoms with van der Waals surface area (Å²) < 4.78 is 1.52. The predicted octanol–water partition coefficient (Wildman–Crippen LogP) is 14.7. The quantitative estimate of drug-likeness (QED) is 0.172. The van der Waals surface area contributed by atoms with E-state index >= 15 is 0 Å². The molecule has 0 nitrogen and oxygen atoms in total. The van der Waals surface area contributed by atoms with Gasteiger partial charge < -0.3 is 0 Å². The predicted molar refractivity (Wildman–Crippen MR) is 208 cm³/mol. The standard InChI is InChI=1S/2C20H25.C5H8.2ClH.Zr/c2*1-2-9-16(8-1)20(17-10-3-4-11-17)19-14-13-15-7-5-6-12-18(15)19;1-2-4-5-3-1;;;/h2*5-7,12-14,16-17,20H,1-4,8-11H2;1-4H2;2*1H;/q2*-1;;;;+2/p-2. The molecule has 5 aliphatic carbocycles. The Bertz CT molecular complexity index is 1450. The zero-order chi connectivity index (χ0) is 32.7. The minimum absolute atomic E-state index is 0.847. The summed E-state index contributed by atoms with van der Waals surface area (Å²) in [4.78, 5) is 0. The second-order valence-corrected chi connectivity index (χ2v) is 24.7. The van der Waals surface area contributed by atoms with Gasteiger partial charge in [0.1, 0.15) is 0 Å². The molecule has 0 aliphatic heterocycles. The Morgan fingerprint density at radius 2 is 0.812 bits per heavy atom. The second-order valence-electron chi connectivity index (χ2n) is 16.1. The largest absolute Gasteiger partial charge is 0.150 e. The van der Waals surface area contributed by atoms with Gasteiger partial charge in [-0.15, -0.1) is 93.3 Å². The van der Waals surface area contributed by atoms with Crippen molar-refractivity contribution in [2.75, 3.05) is 0 Å². The fourth-order valence-electron chi connectivity index (χ4n) is 11.0. The van der Waals surface area contributed by atoms with E-state index in [1.54, 1.807) is 11.1 Å². The first kappa shape index (κ1) is 35.4. The number of rotatable bonds is 6. The van der Waals surface area contributed by atoms with Crippen LogP contribution in [-0.2, 0) is 18.9 Å². The molecule has 4 aromatic rings. The third kappa shape index (κ3) is 8.37. The molecule has 9 rings (SSSR count). The zero-order valence-electron chi connectivity index (χ0n) is 29.3. The summed E-state index contributed by atoms with van der Waals surface area (Å²) in [6.45, 7) is 0. The van der Waals surface area contributed by atoms with Gasteiger partial charge in [0, 0.05) is 0 Å². The minimum Gasteiger partial charge on any atom is -0.150 e. The van der Waals surface area contributed by atoms with Crippen LogP contribution in [0.2, 0.25) is 0 Å². The first-order valence-corrected chi connectivity index (χ1v) is 27.5. The van der Waals surface area contributed by atoms with Gasteiger partial charge in [-0.05, 0) is 23.7 Å². The number of halogens is 2. The van der Waals surface area contributed by atoms with Crippen molar-refractivity contribution in [2.24, 2.45) is 23.7 Å². The van der Waals surface area contributed by atoms with Gasteiger partial charge in [-0.25, -0.2) is 0 Å². The van der Waals surface area contributed by atoms with Crippen LogP contribution < -0.4 is 0 Å². The summed E-state index contributed by atoms with van der Waals surface area (Å²) >= 11 is -1.85. The van der Waals surface area contributed by atoms with Crippen molar-refractivity contribution in [3.05, 3.63) is 83.9 Å². The first-order valence-electron chi connectivity index (χ1n) is 20.0. The van der Waals surface area contributed by atoms with Crippen LogP contribution in [0.1, 0.15) is 151 Å². The molecule has 0 saturated heterocycles. The number of hydrogen-bond donors (Lipinski definition) is 0. The Balaban J connectivity index is 0.000000124. The van der Waals surface area contributed by atoms with Crippen LogP contribution >= 0.6 is 17.0 Å². The van der Waals surface area contributed by atoms with Crippen molar-refractivity contribution in [3.8, 4) is 0 Å². The van der Waals surface area contributed by atoms with E-state index in [-0.39, 0.29) is 0 Å². The first-order chi connectivity index (χ1) is 23.7. The Labute approximate surface area is 306 Å². The molecule has 5 aliphatic rings. The van der Waals surface area contributed by atoms with Crippen molar-refractivity contribution >= 4 is 41.8 Å². The minimum atomic E-state index is -1.85. The van der Waals surface area contributed by atoms with Crippen molar-refractivity contribution in [1.29, 1.82) is 0 Å². The monoisotopic (exact) mass is 758 g/mol. The van der Waals surface area contributed by atoms with Crippen molar-refractivity contribution in [1.82, 2.24) is 0 Å². The summed E-state index contributed by atoms with van der Waals surface area (Å²) in [5, 5.41) is 5.97. The van der Waals surface area contributed by atoms with E-state index in [2.05, 4.69) is 72.8 Å². The van der Waals surface area contributed by atoms with Gasteiger partial charge in [0.05, 0.1) is 0 Å². The van der Waals surface area contributed by atoms with Crippen LogP contribution in [0, 0.1) is 23.7 Å². The SMILES string of the molecule is [Cl][Zr]([Cl])=[C]1CCCC1.c1ccc2c(C(C3CCCC3)C3CCCC3)c[cH-]c2c1.c1ccc2c(C(C3CCCC3)C3CCCC3)c[cH-]c2c1. The fourth-order valence-corrected chi connectivity index (χ4v) is 15.0. The van der Waals surface area contributed by atoms with Gasteiger partial charge in [-0.1, -0.05) is 127 Å². The molecule has 0 aromatic heterocycles. The topological polar surface area (TPSA) is 0 Å². The van der Waals surface area contributed by atoms with Crippen LogP contribution in [0.15, 0.2) is 72.8 Å². The number of fused-ring (bicyclic) bond motifs is 2. The smallest absolute Gasteiger partial charge is 0.0430 e. The van der Waals surface area contributed by atoms with Crippen LogP contribution in [0.5, 0.6) is 0 Å². The maximum atomic E-state index is 5.81. The van der Waals surface area contributed by atoms with Crippen LogP contribution in [0.4, 0.5) is 0 Å². The molecule has 0 N–H and O–H groups in total. The van der Waals surface area contributed by atoms with Crippen LogP contribution in [0.3, 0.4) is 0 Å². The van der Waals surface area contributed by atoms with E-state index in [1.165, 1.54) is 153 Å². The number of hydrogen-bond acceptors (Lipinski definition) is 0. The van der Waals surface area contributed by atoms with E-state index in [4.69, 9.17) is 17.0 Å². The zero-order valence-corrected chi connectivity index (χ0v) is 33.3. The summed E-state index contributed by atoms with van der Waals surface area (Å²) in [6, 6.07) is 27.6. The Kier molecular flexibility index (Phi) is 12.9. The van der Waals surface area contributed by atoms with Gasteiger partial charge in [0.25, 0.3) is 0 Å². The summed E-state index contributed by atoms with van der Waals surface area (Å²) in [7, 11) is 11.6. The van der Waals surface area contributed by atoms with E-state index in [0.717, 1.165) is 35.5 Å². The molecule has 4 aromatic carbocycles. The van der Waals surface area contributed by atoms with Crippen LogP contribution in [-0.4, -0.2) is 3.21 Å². The molecule has 0 spiro atoms. The number of benzene rings is 2. The van der Waals surface area contributed by atoms with Crippen molar-refractivity contribution < 1.29 is 18.9 Å². The Morgan fingerprint density at radius 3 is 1.12 bits per heavy atom. The van der Waals surface area contributed by atoms with Crippen LogP contribution in [0.25, 0.3) is 21.5 Å². The molecule has 0 radical (unpaired) electrons. The molecular formula is C45H58Cl2Zr-2. The third-order valence-corrected chi connectivity index (χ3v) is 19.0. The van der Waals surface area contributed by atoms with Crippen molar-refractivity contribution in [2.45, 2.75) is 140 Å². The maximum Gasteiger partial charge on any atom is -0.0430 e. The van der Waals surface area contributed by atoms with E-state index in [1.807, 2.05) is 0 Å². The molecule has 5 saturated carbocycles. The Hall–Kier alpha value is -1.01. The third-order valence-electron chi connectivity index (χ3n) is 13.3.